The van der Waals surface area contributed by atoms with Crippen LogP contribution in [0.2, 0.25) is 0 Å². The van der Waals surface area contributed by atoms with Gasteiger partial charge in [-0.2, -0.15) is 5.10 Å². The van der Waals surface area contributed by atoms with Gasteiger partial charge in [0.05, 0.1) is 18.4 Å². The van der Waals surface area contributed by atoms with Crippen LogP contribution in [0, 0.1) is 0 Å². The third-order valence-corrected chi connectivity index (χ3v) is 3.55. The number of aryl methyl sites for hydroxylation is 1. The van der Waals surface area contributed by atoms with Crippen molar-refractivity contribution in [3.8, 4) is 0 Å². The molecule has 108 valence electrons. The van der Waals surface area contributed by atoms with Crippen LogP contribution in [0.15, 0.2) is 12.3 Å². The Morgan fingerprint density at radius 1 is 1.63 bits per heavy atom. The molecular formula is C14H25N3O2. The van der Waals surface area contributed by atoms with E-state index in [0.29, 0.717) is 12.1 Å². The van der Waals surface area contributed by atoms with E-state index in [1.807, 2.05) is 24.0 Å². The molecule has 19 heavy (non-hydrogen) atoms. The van der Waals surface area contributed by atoms with Crippen molar-refractivity contribution in [3.05, 3.63) is 18.0 Å². The van der Waals surface area contributed by atoms with Gasteiger partial charge in [0.15, 0.2) is 0 Å². The molecule has 0 bridgehead atoms. The first kappa shape index (κ1) is 14.5. The average molecular weight is 267 g/mol. The number of aromatic nitrogens is 2. The van der Waals surface area contributed by atoms with Crippen molar-refractivity contribution in [1.82, 2.24) is 15.1 Å². The van der Waals surface area contributed by atoms with E-state index in [1.165, 1.54) is 12.1 Å². The highest BCUT2D eigenvalue weighted by Gasteiger charge is 2.15. The summed E-state index contributed by atoms with van der Waals surface area (Å²) in [5.74, 6) is 0. The van der Waals surface area contributed by atoms with Crippen LogP contribution in [0.25, 0.3) is 0 Å². The summed E-state index contributed by atoms with van der Waals surface area (Å²) in [5, 5.41) is 7.66. The molecule has 2 unspecified atom stereocenters. The quantitative estimate of drug-likeness (QED) is 0.728. The van der Waals surface area contributed by atoms with Gasteiger partial charge in [-0.25, -0.2) is 0 Å². The van der Waals surface area contributed by atoms with Crippen LogP contribution in [0.5, 0.6) is 0 Å². The standard InChI is InChI=1S/C14H25N3O2/c1-12(14-6-8-16-17(14)2)15-7-4-9-18-11-13-5-3-10-19-13/h6,8,12-13,15H,3-5,7,9-11H2,1-2H3. The maximum absolute atomic E-state index is 5.63. The first-order valence-corrected chi connectivity index (χ1v) is 7.18. The summed E-state index contributed by atoms with van der Waals surface area (Å²) in [6.45, 7) is 5.56. The van der Waals surface area contributed by atoms with Crippen LogP contribution in [0.1, 0.15) is 37.9 Å². The highest BCUT2D eigenvalue weighted by molar-refractivity contribution is 5.04. The number of hydrogen-bond donors (Lipinski definition) is 1. The summed E-state index contributed by atoms with van der Waals surface area (Å²) < 4.78 is 13.0. The Hall–Kier alpha value is -0.910. The van der Waals surface area contributed by atoms with E-state index < -0.39 is 0 Å². The van der Waals surface area contributed by atoms with E-state index in [2.05, 4.69) is 17.3 Å². The zero-order valence-corrected chi connectivity index (χ0v) is 12.0. The van der Waals surface area contributed by atoms with E-state index in [-0.39, 0.29) is 0 Å². The average Bonchev–Trinajstić information content (AvgIpc) is 3.04. The van der Waals surface area contributed by atoms with Gasteiger partial charge in [-0.15, -0.1) is 0 Å². The maximum Gasteiger partial charge on any atom is 0.0809 e. The second kappa shape index (κ2) is 7.62. The first-order valence-electron chi connectivity index (χ1n) is 7.18. The van der Waals surface area contributed by atoms with Crippen molar-refractivity contribution < 1.29 is 9.47 Å². The Bertz CT molecular complexity index is 361. The minimum atomic E-state index is 0.325. The zero-order chi connectivity index (χ0) is 13.5. The van der Waals surface area contributed by atoms with Gasteiger partial charge >= 0.3 is 0 Å². The van der Waals surface area contributed by atoms with Crippen LogP contribution in [0.4, 0.5) is 0 Å². The minimum absolute atomic E-state index is 0.325. The summed E-state index contributed by atoms with van der Waals surface area (Å²) in [5.41, 5.74) is 1.21. The van der Waals surface area contributed by atoms with Gasteiger partial charge in [0.2, 0.25) is 0 Å². The van der Waals surface area contributed by atoms with E-state index in [9.17, 15) is 0 Å². The Kier molecular flexibility index (Phi) is 5.82. The maximum atomic E-state index is 5.63. The van der Waals surface area contributed by atoms with Crippen molar-refractivity contribution in [3.63, 3.8) is 0 Å². The predicted octanol–water partition coefficient (Wildman–Crippen LogP) is 1.66. The fourth-order valence-corrected chi connectivity index (χ4v) is 2.40. The molecule has 1 saturated heterocycles. The third-order valence-electron chi connectivity index (χ3n) is 3.55. The molecule has 1 aromatic heterocycles. The predicted molar refractivity (Wildman–Crippen MR) is 74.0 cm³/mol. The zero-order valence-electron chi connectivity index (χ0n) is 12.0. The van der Waals surface area contributed by atoms with Crippen LogP contribution >= 0.6 is 0 Å². The van der Waals surface area contributed by atoms with Crippen LogP contribution in [0.3, 0.4) is 0 Å². The Balaban J connectivity index is 1.51. The van der Waals surface area contributed by atoms with Crippen molar-refractivity contribution in [2.75, 3.05) is 26.4 Å². The number of rotatable bonds is 8. The van der Waals surface area contributed by atoms with E-state index in [1.54, 1.807) is 0 Å². The molecule has 1 aliphatic heterocycles. The highest BCUT2D eigenvalue weighted by Crippen LogP contribution is 2.12. The molecule has 1 N–H and O–H groups in total. The Morgan fingerprint density at radius 3 is 3.21 bits per heavy atom. The second-order valence-corrected chi connectivity index (χ2v) is 5.12. The smallest absolute Gasteiger partial charge is 0.0809 e. The molecule has 2 heterocycles. The minimum Gasteiger partial charge on any atom is -0.379 e. The Morgan fingerprint density at radius 2 is 2.53 bits per heavy atom. The summed E-state index contributed by atoms with van der Waals surface area (Å²) >= 11 is 0. The lowest BCUT2D eigenvalue weighted by molar-refractivity contribution is 0.0165. The molecule has 1 aliphatic rings. The molecule has 2 rings (SSSR count). The first-order chi connectivity index (χ1) is 9.27. The van der Waals surface area contributed by atoms with Gasteiger partial charge < -0.3 is 14.8 Å². The van der Waals surface area contributed by atoms with Gasteiger partial charge in [-0.05, 0) is 38.8 Å². The molecule has 0 aliphatic carbocycles. The number of nitrogens with zero attached hydrogens (tertiary/aromatic N) is 2. The molecule has 0 spiro atoms. The monoisotopic (exact) mass is 267 g/mol. The lowest BCUT2D eigenvalue weighted by Gasteiger charge is -2.14. The lowest BCUT2D eigenvalue weighted by Crippen LogP contribution is -2.23. The molecular weight excluding hydrogens is 242 g/mol. The highest BCUT2D eigenvalue weighted by atomic mass is 16.5. The summed E-state index contributed by atoms with van der Waals surface area (Å²) in [6, 6.07) is 2.37. The fraction of sp³-hybridized carbons (Fsp3) is 0.786. The topological polar surface area (TPSA) is 48.3 Å². The molecule has 5 heteroatoms. The summed E-state index contributed by atoms with van der Waals surface area (Å²) in [4.78, 5) is 0. The molecule has 0 aromatic carbocycles. The van der Waals surface area contributed by atoms with Gasteiger partial charge in [0, 0.05) is 32.5 Å². The molecule has 0 radical (unpaired) electrons. The number of nitrogens with one attached hydrogen (secondary N) is 1. The van der Waals surface area contributed by atoms with Gasteiger partial charge in [0.1, 0.15) is 0 Å². The summed E-state index contributed by atoms with van der Waals surface area (Å²) in [6.07, 6.45) is 5.52. The lowest BCUT2D eigenvalue weighted by atomic mass is 10.2. The molecule has 1 aromatic rings. The largest absolute Gasteiger partial charge is 0.379 e. The van der Waals surface area contributed by atoms with E-state index in [4.69, 9.17) is 9.47 Å². The van der Waals surface area contributed by atoms with Crippen molar-refractivity contribution in [1.29, 1.82) is 0 Å². The van der Waals surface area contributed by atoms with E-state index in [0.717, 1.165) is 39.2 Å². The summed E-state index contributed by atoms with van der Waals surface area (Å²) in [7, 11) is 1.97. The number of ether oxygens (including phenoxy) is 2. The van der Waals surface area contributed by atoms with Crippen LogP contribution in [-0.4, -0.2) is 42.2 Å². The van der Waals surface area contributed by atoms with Gasteiger partial charge in [-0.1, -0.05) is 0 Å². The van der Waals surface area contributed by atoms with Gasteiger partial charge in [-0.3, -0.25) is 4.68 Å². The fourth-order valence-electron chi connectivity index (χ4n) is 2.40. The molecule has 1 fully saturated rings. The van der Waals surface area contributed by atoms with Crippen molar-refractivity contribution in [2.24, 2.45) is 7.05 Å². The molecule has 0 saturated carbocycles. The molecule has 2 atom stereocenters. The normalized spacial score (nSPS) is 20.8. The van der Waals surface area contributed by atoms with Gasteiger partial charge in [0.25, 0.3) is 0 Å². The van der Waals surface area contributed by atoms with Crippen LogP contribution in [-0.2, 0) is 16.5 Å². The van der Waals surface area contributed by atoms with Crippen molar-refractivity contribution in [2.45, 2.75) is 38.3 Å². The van der Waals surface area contributed by atoms with E-state index >= 15 is 0 Å². The van der Waals surface area contributed by atoms with Crippen molar-refractivity contribution >= 4 is 0 Å². The SMILES string of the molecule is CC(NCCCOCC1CCCO1)c1ccnn1C. The second-order valence-electron chi connectivity index (χ2n) is 5.12. The number of hydrogen-bond acceptors (Lipinski definition) is 4. The third kappa shape index (κ3) is 4.60. The Labute approximate surface area is 115 Å². The molecule has 0 amide bonds. The van der Waals surface area contributed by atoms with Crippen LogP contribution < -0.4 is 5.32 Å². The molecule has 5 nitrogen and oxygen atoms in total.